The monoisotopic (exact) mass is 384 g/mol. The van der Waals surface area contributed by atoms with Crippen LogP contribution in [-0.4, -0.2) is 37.1 Å². The lowest BCUT2D eigenvalue weighted by Gasteiger charge is -2.32. The normalized spacial score (nSPS) is 24.0. The average molecular weight is 384 g/mol. The summed E-state index contributed by atoms with van der Waals surface area (Å²) in [6.45, 7) is 5.75. The largest absolute Gasteiger partial charge is 0.494 e. The smallest absolute Gasteiger partial charge is 0.164 e. The Morgan fingerprint density at radius 1 is 1.07 bits per heavy atom. The van der Waals surface area contributed by atoms with Crippen LogP contribution in [0.5, 0.6) is 17.2 Å². The predicted molar refractivity (Wildman–Crippen MR) is 106 cm³/mol. The molecule has 2 aliphatic rings. The van der Waals surface area contributed by atoms with E-state index >= 15 is 0 Å². The van der Waals surface area contributed by atoms with Crippen molar-refractivity contribution in [2.75, 3.05) is 19.8 Å². The molecule has 28 heavy (non-hydrogen) atoms. The van der Waals surface area contributed by atoms with Crippen molar-refractivity contribution in [2.24, 2.45) is 0 Å². The molecule has 5 nitrogen and oxygen atoms in total. The molecule has 1 N–H and O–H groups in total. The zero-order valence-electron chi connectivity index (χ0n) is 16.5. The summed E-state index contributed by atoms with van der Waals surface area (Å²) in [5.41, 5.74) is 3.29. The number of fused-ring (bicyclic) bond motifs is 1. The molecule has 5 heteroatoms. The molecule has 0 aliphatic carbocycles. The molecule has 3 atom stereocenters. The molecule has 0 saturated carbocycles. The fourth-order valence-electron chi connectivity index (χ4n) is 3.99. The minimum Gasteiger partial charge on any atom is -0.494 e. The van der Waals surface area contributed by atoms with Crippen molar-refractivity contribution in [3.8, 4) is 17.2 Å². The van der Waals surface area contributed by atoms with Gasteiger partial charge in [-0.3, -0.25) is 0 Å². The maximum absolute atomic E-state index is 10.2. The highest BCUT2D eigenvalue weighted by molar-refractivity contribution is 5.52. The van der Waals surface area contributed by atoms with Crippen molar-refractivity contribution in [1.82, 2.24) is 0 Å². The number of hydrogen-bond donors (Lipinski definition) is 1. The maximum Gasteiger partial charge on any atom is 0.164 e. The van der Waals surface area contributed by atoms with E-state index in [1.54, 1.807) is 0 Å². The van der Waals surface area contributed by atoms with Gasteiger partial charge in [0.25, 0.3) is 0 Å². The van der Waals surface area contributed by atoms with Crippen molar-refractivity contribution in [3.63, 3.8) is 0 Å². The summed E-state index contributed by atoms with van der Waals surface area (Å²) in [4.78, 5) is 0. The Bertz CT molecular complexity index is 791. The van der Waals surface area contributed by atoms with Gasteiger partial charge in [-0.15, -0.1) is 0 Å². The Morgan fingerprint density at radius 3 is 2.61 bits per heavy atom. The first kappa shape index (κ1) is 19.1. The fourth-order valence-corrected chi connectivity index (χ4v) is 3.99. The van der Waals surface area contributed by atoms with Crippen molar-refractivity contribution in [1.29, 1.82) is 0 Å². The third-order valence-corrected chi connectivity index (χ3v) is 5.23. The van der Waals surface area contributed by atoms with Crippen LogP contribution in [0, 0.1) is 0 Å². The van der Waals surface area contributed by atoms with Crippen LogP contribution in [0.1, 0.15) is 49.5 Å². The molecule has 2 aromatic carbocycles. The maximum atomic E-state index is 10.2. The molecular weight excluding hydrogens is 356 g/mol. The number of hydrogen-bond acceptors (Lipinski definition) is 5. The quantitative estimate of drug-likeness (QED) is 0.843. The van der Waals surface area contributed by atoms with Gasteiger partial charge in [0, 0.05) is 18.4 Å². The van der Waals surface area contributed by atoms with E-state index in [9.17, 15) is 5.11 Å². The van der Waals surface area contributed by atoms with Crippen LogP contribution in [0.15, 0.2) is 36.4 Å². The van der Waals surface area contributed by atoms with E-state index in [1.165, 1.54) is 5.56 Å². The predicted octanol–water partition coefficient (Wildman–Crippen LogP) is 4.05. The third-order valence-electron chi connectivity index (χ3n) is 5.23. The van der Waals surface area contributed by atoms with Crippen LogP contribution in [-0.2, 0) is 11.2 Å². The summed E-state index contributed by atoms with van der Waals surface area (Å²) in [7, 11) is 0. The van der Waals surface area contributed by atoms with Crippen LogP contribution in [0.2, 0.25) is 0 Å². The van der Waals surface area contributed by atoms with Gasteiger partial charge in [-0.05, 0) is 55.7 Å². The van der Waals surface area contributed by atoms with E-state index in [2.05, 4.69) is 18.2 Å². The number of benzene rings is 2. The second-order valence-electron chi connectivity index (χ2n) is 7.52. The van der Waals surface area contributed by atoms with Gasteiger partial charge in [-0.1, -0.05) is 12.1 Å². The minimum absolute atomic E-state index is 0.0384. The van der Waals surface area contributed by atoms with Crippen molar-refractivity contribution >= 4 is 0 Å². The number of aliphatic hydroxyl groups is 1. The lowest BCUT2D eigenvalue weighted by Crippen LogP contribution is -2.29. The number of rotatable bonds is 5. The molecule has 0 amide bonds. The molecule has 150 valence electrons. The van der Waals surface area contributed by atoms with Crippen molar-refractivity contribution in [2.45, 2.75) is 51.4 Å². The molecule has 0 bridgehead atoms. The van der Waals surface area contributed by atoms with E-state index < -0.39 is 0 Å². The zero-order chi connectivity index (χ0) is 19.5. The summed E-state index contributed by atoms with van der Waals surface area (Å²) in [5, 5.41) is 10.2. The number of ether oxygens (including phenoxy) is 4. The molecule has 1 fully saturated rings. The van der Waals surface area contributed by atoms with Crippen molar-refractivity contribution in [3.05, 3.63) is 53.1 Å². The molecule has 0 aromatic heterocycles. The molecule has 0 radical (unpaired) electrons. The van der Waals surface area contributed by atoms with E-state index in [0.717, 1.165) is 34.8 Å². The van der Waals surface area contributed by atoms with Crippen LogP contribution in [0.4, 0.5) is 0 Å². The molecule has 0 spiro atoms. The second kappa shape index (κ2) is 8.41. The molecule has 2 heterocycles. The first-order valence-corrected chi connectivity index (χ1v) is 10.1. The van der Waals surface area contributed by atoms with E-state index in [1.807, 2.05) is 32.0 Å². The summed E-state index contributed by atoms with van der Waals surface area (Å²) >= 11 is 0. The standard InChI is InChI=1S/C23H28O5/c1-3-25-20-6-4-16(5-7-20)11-18-12-17(13-22-23(18)27-9-8-26-22)21-14-19(24)10-15(2)28-21/h4-7,12-13,15,19,21,24H,3,8-11,14H2,1-2H3. The average Bonchev–Trinajstić information content (AvgIpc) is 2.69. The van der Waals surface area contributed by atoms with Gasteiger partial charge in [-0.25, -0.2) is 0 Å². The topological polar surface area (TPSA) is 57.2 Å². The molecule has 2 aliphatic heterocycles. The van der Waals surface area contributed by atoms with Crippen molar-refractivity contribution < 1.29 is 24.1 Å². The van der Waals surface area contributed by atoms with E-state index in [0.29, 0.717) is 32.7 Å². The molecule has 3 unspecified atom stereocenters. The van der Waals surface area contributed by atoms with Gasteiger partial charge < -0.3 is 24.1 Å². The summed E-state index contributed by atoms with van der Waals surface area (Å²) in [6.07, 6.45) is 1.59. The van der Waals surface area contributed by atoms with Gasteiger partial charge in [0.05, 0.1) is 24.9 Å². The SMILES string of the molecule is CCOc1ccc(Cc2cc(C3CC(O)CC(C)O3)cc3c2OCCO3)cc1. The molecular formula is C23H28O5. The second-order valence-corrected chi connectivity index (χ2v) is 7.52. The van der Waals surface area contributed by atoms with Crippen LogP contribution in [0.3, 0.4) is 0 Å². The highest BCUT2D eigenvalue weighted by Gasteiger charge is 2.29. The van der Waals surface area contributed by atoms with Crippen LogP contribution < -0.4 is 14.2 Å². The Morgan fingerprint density at radius 2 is 1.86 bits per heavy atom. The highest BCUT2D eigenvalue weighted by Crippen LogP contribution is 2.41. The summed E-state index contributed by atoms with van der Waals surface area (Å²) < 4.78 is 23.5. The molecule has 2 aromatic rings. The van der Waals surface area contributed by atoms with Gasteiger partial charge in [0.2, 0.25) is 0 Å². The fraction of sp³-hybridized carbons (Fsp3) is 0.478. The Hall–Kier alpha value is -2.24. The van der Waals surface area contributed by atoms with Gasteiger partial charge in [0.15, 0.2) is 11.5 Å². The van der Waals surface area contributed by atoms with Crippen LogP contribution >= 0.6 is 0 Å². The zero-order valence-corrected chi connectivity index (χ0v) is 16.5. The third kappa shape index (κ3) is 4.26. The summed E-state index contributed by atoms with van der Waals surface area (Å²) in [5.74, 6) is 2.45. The molecule has 4 rings (SSSR count). The van der Waals surface area contributed by atoms with Gasteiger partial charge in [-0.2, -0.15) is 0 Å². The Balaban J connectivity index is 1.63. The highest BCUT2D eigenvalue weighted by atomic mass is 16.6. The minimum atomic E-state index is -0.337. The first-order valence-electron chi connectivity index (χ1n) is 10.1. The van der Waals surface area contributed by atoms with E-state index in [4.69, 9.17) is 18.9 Å². The van der Waals surface area contributed by atoms with E-state index in [-0.39, 0.29) is 18.3 Å². The number of aliphatic hydroxyl groups excluding tert-OH is 1. The van der Waals surface area contributed by atoms with Gasteiger partial charge >= 0.3 is 0 Å². The lowest BCUT2D eigenvalue weighted by molar-refractivity contribution is -0.0896. The van der Waals surface area contributed by atoms with Crippen LogP contribution in [0.25, 0.3) is 0 Å². The van der Waals surface area contributed by atoms with Gasteiger partial charge in [0.1, 0.15) is 19.0 Å². The molecule has 1 saturated heterocycles. The Kier molecular flexibility index (Phi) is 5.74. The summed E-state index contributed by atoms with van der Waals surface area (Å²) in [6, 6.07) is 12.3. The first-order chi connectivity index (χ1) is 13.6. The lowest BCUT2D eigenvalue weighted by atomic mass is 9.93. The Labute approximate surface area is 166 Å².